The van der Waals surface area contributed by atoms with Crippen LogP contribution in [0.15, 0.2) is 12.1 Å². The van der Waals surface area contributed by atoms with E-state index in [0.717, 1.165) is 22.7 Å². The van der Waals surface area contributed by atoms with Gasteiger partial charge in [-0.2, -0.15) is 5.10 Å². The normalized spacial score (nSPS) is 12.3. The molecule has 0 aliphatic carbocycles. The molecule has 0 N–H and O–H groups in total. The molecular formula is C12H17N3. The van der Waals surface area contributed by atoms with Gasteiger partial charge in [-0.25, -0.2) is 9.50 Å². The summed E-state index contributed by atoms with van der Waals surface area (Å²) >= 11 is 0. The van der Waals surface area contributed by atoms with Crippen molar-refractivity contribution in [1.82, 2.24) is 14.6 Å². The molecule has 2 heterocycles. The Morgan fingerprint density at radius 2 is 1.80 bits per heavy atom. The van der Waals surface area contributed by atoms with Crippen LogP contribution in [0.25, 0.3) is 5.65 Å². The molecule has 80 valence electrons. The van der Waals surface area contributed by atoms with Crippen LogP contribution in [-0.4, -0.2) is 14.6 Å². The zero-order valence-electron chi connectivity index (χ0n) is 10.00. The zero-order valence-corrected chi connectivity index (χ0v) is 10.00. The molecule has 2 aromatic rings. The molecular weight excluding hydrogens is 186 g/mol. The van der Waals surface area contributed by atoms with Gasteiger partial charge in [0.25, 0.3) is 0 Å². The molecule has 0 unspecified atom stereocenters. The van der Waals surface area contributed by atoms with Crippen molar-refractivity contribution in [1.29, 1.82) is 0 Å². The summed E-state index contributed by atoms with van der Waals surface area (Å²) in [5.74, 6) is 0. The van der Waals surface area contributed by atoms with Gasteiger partial charge >= 0.3 is 0 Å². The molecule has 0 aliphatic heterocycles. The Balaban J connectivity index is 2.72. The molecule has 0 aliphatic rings. The quantitative estimate of drug-likeness (QED) is 0.659. The molecule has 3 heteroatoms. The summed E-state index contributed by atoms with van der Waals surface area (Å²) in [7, 11) is 0. The molecule has 0 amide bonds. The molecule has 0 spiro atoms. The molecule has 0 atom stereocenters. The molecule has 15 heavy (non-hydrogen) atoms. The van der Waals surface area contributed by atoms with Gasteiger partial charge in [-0.05, 0) is 19.9 Å². The highest BCUT2D eigenvalue weighted by molar-refractivity contribution is 5.42. The Morgan fingerprint density at radius 1 is 1.13 bits per heavy atom. The number of rotatable bonds is 0. The second kappa shape index (κ2) is 3.05. The number of aromatic nitrogens is 3. The maximum atomic E-state index is 4.63. The van der Waals surface area contributed by atoms with Gasteiger partial charge < -0.3 is 0 Å². The number of hydrogen-bond acceptors (Lipinski definition) is 2. The first-order valence-corrected chi connectivity index (χ1v) is 5.22. The van der Waals surface area contributed by atoms with Gasteiger partial charge in [0.05, 0.1) is 11.4 Å². The van der Waals surface area contributed by atoms with Gasteiger partial charge in [-0.3, -0.25) is 0 Å². The topological polar surface area (TPSA) is 30.2 Å². The molecule has 0 saturated carbocycles. The lowest BCUT2D eigenvalue weighted by atomic mass is 9.91. The summed E-state index contributed by atoms with van der Waals surface area (Å²) in [5, 5.41) is 4.39. The Hall–Kier alpha value is -1.38. The number of nitrogens with zero attached hydrogens (tertiary/aromatic N) is 3. The molecule has 3 nitrogen and oxygen atoms in total. The van der Waals surface area contributed by atoms with Gasteiger partial charge in [0.15, 0.2) is 5.65 Å². The lowest BCUT2D eigenvalue weighted by Crippen LogP contribution is -2.15. The molecule has 2 rings (SSSR count). The van der Waals surface area contributed by atoms with Crippen LogP contribution < -0.4 is 0 Å². The first-order chi connectivity index (χ1) is 6.88. The van der Waals surface area contributed by atoms with Crippen LogP contribution in [0.2, 0.25) is 0 Å². The fourth-order valence-corrected chi connectivity index (χ4v) is 1.62. The predicted molar refractivity (Wildman–Crippen MR) is 61.2 cm³/mol. The predicted octanol–water partition coefficient (Wildman–Crippen LogP) is 2.64. The number of fused-ring (bicyclic) bond motifs is 1. The summed E-state index contributed by atoms with van der Waals surface area (Å²) in [4.78, 5) is 4.63. The van der Waals surface area contributed by atoms with Gasteiger partial charge in [-0.1, -0.05) is 20.8 Å². The third-order valence-corrected chi connectivity index (χ3v) is 2.50. The van der Waals surface area contributed by atoms with Gasteiger partial charge in [0.1, 0.15) is 0 Å². The standard InChI is InChI=1S/C12H17N3/c1-8-6-11-13-10(12(3,4)5)7-9(2)15(11)14-8/h6-7H,1-5H3. The van der Waals surface area contributed by atoms with Gasteiger partial charge in [-0.15, -0.1) is 0 Å². The molecule has 0 fully saturated rings. The second-order valence-electron chi connectivity index (χ2n) is 5.09. The average Bonchev–Trinajstić information content (AvgIpc) is 2.44. The maximum Gasteiger partial charge on any atom is 0.155 e. The molecule has 0 radical (unpaired) electrons. The molecule has 0 bridgehead atoms. The van der Waals surface area contributed by atoms with Crippen LogP contribution >= 0.6 is 0 Å². The Bertz CT molecular complexity index is 503. The van der Waals surface area contributed by atoms with Crippen molar-refractivity contribution in [3.63, 3.8) is 0 Å². The van der Waals surface area contributed by atoms with Crippen molar-refractivity contribution < 1.29 is 0 Å². The first kappa shape index (κ1) is 10.1. The van der Waals surface area contributed by atoms with Crippen LogP contribution in [0.5, 0.6) is 0 Å². The van der Waals surface area contributed by atoms with Crippen molar-refractivity contribution in [2.45, 2.75) is 40.0 Å². The van der Waals surface area contributed by atoms with E-state index in [-0.39, 0.29) is 5.41 Å². The highest BCUT2D eigenvalue weighted by atomic mass is 15.3. The number of aryl methyl sites for hydroxylation is 2. The minimum absolute atomic E-state index is 0.0880. The highest BCUT2D eigenvalue weighted by Crippen LogP contribution is 2.21. The fourth-order valence-electron chi connectivity index (χ4n) is 1.62. The largest absolute Gasteiger partial charge is 0.233 e. The monoisotopic (exact) mass is 203 g/mol. The van der Waals surface area contributed by atoms with Crippen molar-refractivity contribution in [2.75, 3.05) is 0 Å². The number of hydrogen-bond donors (Lipinski definition) is 0. The van der Waals surface area contributed by atoms with E-state index in [4.69, 9.17) is 0 Å². The second-order valence-corrected chi connectivity index (χ2v) is 5.09. The van der Waals surface area contributed by atoms with Crippen molar-refractivity contribution >= 4 is 5.65 Å². The summed E-state index contributed by atoms with van der Waals surface area (Å²) in [6.07, 6.45) is 0. The SMILES string of the molecule is Cc1cc2nc(C(C)(C)C)cc(C)n2n1. The van der Waals surface area contributed by atoms with Crippen molar-refractivity contribution in [2.24, 2.45) is 0 Å². The first-order valence-electron chi connectivity index (χ1n) is 5.22. The van der Waals surface area contributed by atoms with E-state index >= 15 is 0 Å². The van der Waals surface area contributed by atoms with Crippen LogP contribution in [0.4, 0.5) is 0 Å². The Labute approximate surface area is 90.1 Å². The summed E-state index contributed by atoms with van der Waals surface area (Å²) in [6, 6.07) is 4.13. The van der Waals surface area contributed by atoms with E-state index in [2.05, 4.69) is 43.8 Å². The summed E-state index contributed by atoms with van der Waals surface area (Å²) < 4.78 is 1.89. The van der Waals surface area contributed by atoms with E-state index in [1.54, 1.807) is 0 Å². The van der Waals surface area contributed by atoms with E-state index in [1.807, 2.05) is 17.5 Å². The molecule has 0 aromatic carbocycles. The van der Waals surface area contributed by atoms with Crippen LogP contribution in [0.1, 0.15) is 37.9 Å². The lowest BCUT2D eigenvalue weighted by Gasteiger charge is -2.18. The summed E-state index contributed by atoms with van der Waals surface area (Å²) in [6.45, 7) is 10.6. The smallest absolute Gasteiger partial charge is 0.155 e. The van der Waals surface area contributed by atoms with Crippen molar-refractivity contribution in [3.8, 4) is 0 Å². The fraction of sp³-hybridized carbons (Fsp3) is 0.500. The Morgan fingerprint density at radius 3 is 2.40 bits per heavy atom. The van der Waals surface area contributed by atoms with E-state index in [9.17, 15) is 0 Å². The van der Waals surface area contributed by atoms with Gasteiger partial charge in [0, 0.05) is 17.2 Å². The lowest BCUT2D eigenvalue weighted by molar-refractivity contribution is 0.566. The van der Waals surface area contributed by atoms with Crippen LogP contribution in [0.3, 0.4) is 0 Å². The summed E-state index contributed by atoms with van der Waals surface area (Å²) in [5.41, 5.74) is 4.30. The third-order valence-electron chi connectivity index (χ3n) is 2.50. The molecule has 0 saturated heterocycles. The van der Waals surface area contributed by atoms with Crippen LogP contribution in [-0.2, 0) is 5.41 Å². The average molecular weight is 203 g/mol. The van der Waals surface area contributed by atoms with E-state index in [0.29, 0.717) is 0 Å². The highest BCUT2D eigenvalue weighted by Gasteiger charge is 2.17. The minimum atomic E-state index is 0.0880. The maximum absolute atomic E-state index is 4.63. The van der Waals surface area contributed by atoms with Crippen molar-refractivity contribution in [3.05, 3.63) is 29.2 Å². The molecule has 2 aromatic heterocycles. The van der Waals surface area contributed by atoms with E-state index in [1.165, 1.54) is 0 Å². The van der Waals surface area contributed by atoms with Crippen LogP contribution in [0, 0.1) is 13.8 Å². The third kappa shape index (κ3) is 1.74. The zero-order chi connectivity index (χ0) is 11.2. The Kier molecular flexibility index (Phi) is 2.07. The van der Waals surface area contributed by atoms with Gasteiger partial charge in [0.2, 0.25) is 0 Å². The van der Waals surface area contributed by atoms with E-state index < -0.39 is 0 Å². The minimum Gasteiger partial charge on any atom is -0.233 e.